The zero-order valence-corrected chi connectivity index (χ0v) is 4.68. The van der Waals surface area contributed by atoms with Crippen LogP contribution in [0, 0.1) is 6.33 Å². The van der Waals surface area contributed by atoms with Crippen LogP contribution in [-0.2, 0) is 0 Å². The van der Waals surface area contributed by atoms with Gasteiger partial charge in [-0.15, -0.1) is 0 Å². The minimum absolute atomic E-state index is 0.738. The first-order valence-electron chi connectivity index (χ1n) is 2.67. The fourth-order valence-corrected chi connectivity index (χ4v) is 0.781. The molecule has 1 radical (unpaired) electrons. The molecule has 1 aliphatic heterocycles. The summed E-state index contributed by atoms with van der Waals surface area (Å²) in [6, 6.07) is 0. The molecule has 9 heavy (non-hydrogen) atoms. The molecule has 0 unspecified atom stereocenters. The monoisotopic (exact) mass is 121 g/mol. The molecule has 1 aromatic rings. The van der Waals surface area contributed by atoms with E-state index >= 15 is 0 Å². The SMILES string of the molecule is [c]1ncc2c(n1)NCN2. The second-order valence-corrected chi connectivity index (χ2v) is 1.76. The average molecular weight is 121 g/mol. The van der Waals surface area contributed by atoms with Gasteiger partial charge in [0.25, 0.3) is 0 Å². The Labute approximate surface area is 52.3 Å². The van der Waals surface area contributed by atoms with Crippen LogP contribution in [-0.4, -0.2) is 16.6 Å². The van der Waals surface area contributed by atoms with Crippen LogP contribution in [0.4, 0.5) is 11.5 Å². The van der Waals surface area contributed by atoms with E-state index in [0.29, 0.717) is 0 Å². The molecule has 0 aromatic carbocycles. The molecule has 45 valence electrons. The van der Waals surface area contributed by atoms with Crippen molar-refractivity contribution in [1.29, 1.82) is 0 Å². The number of hydrogen-bond acceptors (Lipinski definition) is 4. The van der Waals surface area contributed by atoms with Gasteiger partial charge in [0.05, 0.1) is 18.6 Å². The number of hydrogen-bond donors (Lipinski definition) is 2. The van der Waals surface area contributed by atoms with E-state index < -0.39 is 0 Å². The minimum atomic E-state index is 0.738. The van der Waals surface area contributed by atoms with Crippen molar-refractivity contribution in [3.8, 4) is 0 Å². The molecule has 4 nitrogen and oxygen atoms in total. The largest absolute Gasteiger partial charge is 0.364 e. The number of fused-ring (bicyclic) bond motifs is 1. The summed E-state index contributed by atoms with van der Waals surface area (Å²) >= 11 is 0. The van der Waals surface area contributed by atoms with Crippen molar-refractivity contribution in [2.75, 3.05) is 17.3 Å². The predicted octanol–water partition coefficient (Wildman–Crippen LogP) is 0.0717. The summed E-state index contributed by atoms with van der Waals surface area (Å²) in [6.07, 6.45) is 4.19. The second kappa shape index (κ2) is 1.58. The van der Waals surface area contributed by atoms with Gasteiger partial charge >= 0.3 is 0 Å². The number of aromatic nitrogens is 2. The van der Waals surface area contributed by atoms with Crippen LogP contribution in [0.3, 0.4) is 0 Å². The number of anilines is 2. The summed E-state index contributed by atoms with van der Waals surface area (Å²) < 4.78 is 0. The van der Waals surface area contributed by atoms with Gasteiger partial charge in [-0.1, -0.05) is 0 Å². The third-order valence-electron chi connectivity index (χ3n) is 1.20. The third kappa shape index (κ3) is 0.595. The predicted molar refractivity (Wildman–Crippen MR) is 33.0 cm³/mol. The van der Waals surface area contributed by atoms with Crippen molar-refractivity contribution in [2.24, 2.45) is 0 Å². The molecule has 0 aliphatic carbocycles. The Kier molecular flexibility index (Phi) is 0.798. The molecule has 1 aromatic heterocycles. The van der Waals surface area contributed by atoms with E-state index in [4.69, 9.17) is 0 Å². The van der Waals surface area contributed by atoms with Crippen LogP contribution in [0.1, 0.15) is 0 Å². The number of nitrogens with zero attached hydrogens (tertiary/aromatic N) is 2. The lowest BCUT2D eigenvalue weighted by Gasteiger charge is -1.90. The van der Waals surface area contributed by atoms with Gasteiger partial charge in [0.1, 0.15) is 0 Å². The molecular formula is C5H5N4. The maximum atomic E-state index is 3.85. The van der Waals surface area contributed by atoms with Crippen LogP contribution in [0.5, 0.6) is 0 Å². The fraction of sp³-hybridized carbons (Fsp3) is 0.200. The Bertz CT molecular complexity index is 199. The second-order valence-electron chi connectivity index (χ2n) is 1.76. The van der Waals surface area contributed by atoms with Crippen molar-refractivity contribution in [3.05, 3.63) is 12.5 Å². The zero-order valence-electron chi connectivity index (χ0n) is 4.68. The Morgan fingerprint density at radius 3 is 3.44 bits per heavy atom. The Hall–Kier alpha value is -1.32. The van der Waals surface area contributed by atoms with Gasteiger partial charge in [0.2, 0.25) is 0 Å². The Morgan fingerprint density at radius 2 is 2.56 bits per heavy atom. The summed E-state index contributed by atoms with van der Waals surface area (Å²) in [4.78, 5) is 7.57. The van der Waals surface area contributed by atoms with Gasteiger partial charge in [-0.05, 0) is 0 Å². The maximum absolute atomic E-state index is 3.85. The molecule has 1 aliphatic rings. The van der Waals surface area contributed by atoms with Gasteiger partial charge in [0, 0.05) is 0 Å². The molecule has 4 heteroatoms. The van der Waals surface area contributed by atoms with Crippen molar-refractivity contribution in [1.82, 2.24) is 9.97 Å². The van der Waals surface area contributed by atoms with E-state index in [1.807, 2.05) is 0 Å². The fourth-order valence-electron chi connectivity index (χ4n) is 0.781. The Balaban J connectivity index is 2.54. The normalized spacial score (nSPS) is 13.8. The highest BCUT2D eigenvalue weighted by molar-refractivity contribution is 5.67. The summed E-state index contributed by atoms with van der Waals surface area (Å²) in [6.45, 7) is 0.738. The van der Waals surface area contributed by atoms with E-state index in [9.17, 15) is 0 Å². The highest BCUT2D eigenvalue weighted by Crippen LogP contribution is 2.19. The van der Waals surface area contributed by atoms with Crippen molar-refractivity contribution in [2.45, 2.75) is 0 Å². The number of rotatable bonds is 0. The topological polar surface area (TPSA) is 49.8 Å². The maximum Gasteiger partial charge on any atom is 0.199 e. The summed E-state index contributed by atoms with van der Waals surface area (Å²) in [7, 11) is 0. The van der Waals surface area contributed by atoms with E-state index in [0.717, 1.165) is 18.2 Å². The van der Waals surface area contributed by atoms with Crippen LogP contribution in [0.15, 0.2) is 6.20 Å². The van der Waals surface area contributed by atoms with Gasteiger partial charge in [0.15, 0.2) is 12.1 Å². The highest BCUT2D eigenvalue weighted by Gasteiger charge is 2.07. The van der Waals surface area contributed by atoms with Gasteiger partial charge in [-0.25, -0.2) is 9.97 Å². The van der Waals surface area contributed by atoms with Gasteiger partial charge in [-0.3, -0.25) is 0 Å². The van der Waals surface area contributed by atoms with E-state index in [-0.39, 0.29) is 0 Å². The van der Waals surface area contributed by atoms with Crippen molar-refractivity contribution < 1.29 is 0 Å². The molecule has 2 rings (SSSR count). The Morgan fingerprint density at radius 1 is 1.56 bits per heavy atom. The van der Waals surface area contributed by atoms with E-state index in [2.05, 4.69) is 26.9 Å². The lowest BCUT2D eigenvalue weighted by Crippen LogP contribution is -1.99. The lowest BCUT2D eigenvalue weighted by molar-refractivity contribution is 1.16. The molecule has 0 spiro atoms. The summed E-state index contributed by atoms with van der Waals surface area (Å²) in [5, 5.41) is 6.05. The standard InChI is InChI=1S/C5H5N4/c1-4-5(8-2-6-1)9-3-7-4/h1,7H,3H2,(H,6,8,9). The molecular weight excluding hydrogens is 116 g/mol. The zero-order chi connectivity index (χ0) is 6.10. The highest BCUT2D eigenvalue weighted by atomic mass is 15.2. The molecule has 0 amide bonds. The quantitative estimate of drug-likeness (QED) is 0.510. The smallest absolute Gasteiger partial charge is 0.199 e. The number of nitrogens with one attached hydrogen (secondary N) is 2. The van der Waals surface area contributed by atoms with Crippen LogP contribution >= 0.6 is 0 Å². The summed E-state index contributed by atoms with van der Waals surface area (Å²) in [5.74, 6) is 0.838. The van der Waals surface area contributed by atoms with Crippen LogP contribution in [0.25, 0.3) is 0 Å². The first-order chi connectivity index (χ1) is 4.47. The molecule has 0 fully saturated rings. The van der Waals surface area contributed by atoms with Crippen molar-refractivity contribution in [3.63, 3.8) is 0 Å². The lowest BCUT2D eigenvalue weighted by atomic mass is 10.5. The summed E-state index contributed by atoms with van der Waals surface area (Å²) in [5.41, 5.74) is 0.953. The van der Waals surface area contributed by atoms with E-state index in [1.54, 1.807) is 6.20 Å². The van der Waals surface area contributed by atoms with Crippen LogP contribution < -0.4 is 10.6 Å². The van der Waals surface area contributed by atoms with Crippen molar-refractivity contribution >= 4 is 11.5 Å². The van der Waals surface area contributed by atoms with Gasteiger partial charge < -0.3 is 10.6 Å². The average Bonchev–Trinajstić information content (AvgIpc) is 2.33. The van der Waals surface area contributed by atoms with Gasteiger partial charge in [-0.2, -0.15) is 0 Å². The minimum Gasteiger partial charge on any atom is -0.364 e. The molecule has 0 atom stereocenters. The molecule has 0 bridgehead atoms. The van der Waals surface area contributed by atoms with E-state index in [1.165, 1.54) is 0 Å². The first-order valence-corrected chi connectivity index (χ1v) is 2.67. The molecule has 0 saturated heterocycles. The molecule has 0 saturated carbocycles. The molecule has 2 heterocycles. The third-order valence-corrected chi connectivity index (χ3v) is 1.20. The van der Waals surface area contributed by atoms with Crippen LogP contribution in [0.2, 0.25) is 0 Å². The molecule has 2 N–H and O–H groups in total. The first kappa shape index (κ1) is 4.55.